The van der Waals surface area contributed by atoms with Crippen LogP contribution in [0.3, 0.4) is 0 Å². The van der Waals surface area contributed by atoms with E-state index in [1.54, 1.807) is 7.11 Å². The molecule has 4 nitrogen and oxygen atoms in total. The zero-order valence-electron chi connectivity index (χ0n) is 6.91. The molecule has 0 spiro atoms. The fourth-order valence-electron chi connectivity index (χ4n) is 0.887. The SMILES string of the molecule is COCC(C)C[C@H](N)C(=O)O. The zero-order valence-corrected chi connectivity index (χ0v) is 6.91. The van der Waals surface area contributed by atoms with E-state index in [-0.39, 0.29) is 5.92 Å². The Morgan fingerprint density at radius 3 is 2.64 bits per heavy atom. The van der Waals surface area contributed by atoms with Crippen molar-refractivity contribution in [2.75, 3.05) is 13.7 Å². The van der Waals surface area contributed by atoms with Crippen molar-refractivity contribution < 1.29 is 14.6 Å². The maximum Gasteiger partial charge on any atom is 0.320 e. The molecule has 0 aliphatic heterocycles. The monoisotopic (exact) mass is 161 g/mol. The smallest absolute Gasteiger partial charge is 0.320 e. The summed E-state index contributed by atoms with van der Waals surface area (Å²) in [6.45, 7) is 2.47. The first-order valence-electron chi connectivity index (χ1n) is 3.55. The Balaban J connectivity index is 3.56. The Bertz CT molecular complexity index is 127. The number of nitrogens with two attached hydrogens (primary N) is 1. The fraction of sp³-hybridized carbons (Fsp3) is 0.857. The summed E-state index contributed by atoms with van der Waals surface area (Å²) < 4.78 is 4.84. The lowest BCUT2D eigenvalue weighted by Gasteiger charge is -2.12. The number of aliphatic carboxylic acids is 1. The lowest BCUT2D eigenvalue weighted by atomic mass is 10.0. The topological polar surface area (TPSA) is 72.5 Å². The van der Waals surface area contributed by atoms with Crippen molar-refractivity contribution in [3.63, 3.8) is 0 Å². The summed E-state index contributed by atoms with van der Waals surface area (Å²) in [5.41, 5.74) is 5.29. The molecule has 11 heavy (non-hydrogen) atoms. The lowest BCUT2D eigenvalue weighted by molar-refractivity contribution is -0.139. The van der Waals surface area contributed by atoms with E-state index < -0.39 is 12.0 Å². The van der Waals surface area contributed by atoms with Crippen molar-refractivity contribution in [1.82, 2.24) is 0 Å². The molecule has 0 amide bonds. The molecule has 0 rings (SSSR count). The predicted octanol–water partition coefficient (Wildman–Crippen LogP) is 0.0709. The Morgan fingerprint density at radius 1 is 1.73 bits per heavy atom. The first-order chi connectivity index (χ1) is 5.07. The van der Waals surface area contributed by atoms with Crippen LogP contribution in [0.2, 0.25) is 0 Å². The molecule has 0 aliphatic rings. The number of carbonyl (C=O) groups is 1. The van der Waals surface area contributed by atoms with Crippen LogP contribution in [0, 0.1) is 5.92 Å². The van der Waals surface area contributed by atoms with Crippen LogP contribution in [0.5, 0.6) is 0 Å². The number of hydrogen-bond acceptors (Lipinski definition) is 3. The quantitative estimate of drug-likeness (QED) is 0.598. The van der Waals surface area contributed by atoms with Gasteiger partial charge in [-0.2, -0.15) is 0 Å². The third kappa shape index (κ3) is 4.75. The predicted molar refractivity (Wildman–Crippen MR) is 41.3 cm³/mol. The Morgan fingerprint density at radius 2 is 2.27 bits per heavy atom. The van der Waals surface area contributed by atoms with Crippen molar-refractivity contribution in [3.05, 3.63) is 0 Å². The molecule has 0 saturated heterocycles. The van der Waals surface area contributed by atoms with Gasteiger partial charge in [-0.15, -0.1) is 0 Å². The molecule has 2 atom stereocenters. The van der Waals surface area contributed by atoms with Crippen LogP contribution in [0.4, 0.5) is 0 Å². The summed E-state index contributed by atoms with van der Waals surface area (Å²) in [5.74, 6) is -0.751. The minimum absolute atomic E-state index is 0.200. The molecule has 0 aliphatic carbocycles. The van der Waals surface area contributed by atoms with Crippen LogP contribution in [-0.2, 0) is 9.53 Å². The largest absolute Gasteiger partial charge is 0.480 e. The summed E-state index contributed by atoms with van der Waals surface area (Å²) in [6, 6.07) is -0.764. The van der Waals surface area contributed by atoms with Gasteiger partial charge >= 0.3 is 5.97 Å². The third-order valence-corrected chi connectivity index (χ3v) is 1.42. The number of methoxy groups -OCH3 is 1. The second kappa shape index (κ2) is 5.09. The molecular formula is C7H15NO3. The fourth-order valence-corrected chi connectivity index (χ4v) is 0.887. The van der Waals surface area contributed by atoms with E-state index in [1.165, 1.54) is 0 Å². The van der Waals surface area contributed by atoms with Gasteiger partial charge in [-0.05, 0) is 12.3 Å². The number of carboxylic acids is 1. The van der Waals surface area contributed by atoms with Gasteiger partial charge in [0.15, 0.2) is 0 Å². The Labute approximate surface area is 66.3 Å². The third-order valence-electron chi connectivity index (χ3n) is 1.42. The summed E-state index contributed by atoms with van der Waals surface area (Å²) in [6.07, 6.45) is 0.461. The molecule has 1 unspecified atom stereocenters. The molecule has 0 radical (unpaired) electrons. The molecule has 0 aromatic rings. The molecule has 0 saturated carbocycles. The molecule has 0 heterocycles. The Hall–Kier alpha value is -0.610. The van der Waals surface area contributed by atoms with Gasteiger partial charge in [-0.1, -0.05) is 6.92 Å². The standard InChI is InChI=1S/C7H15NO3/c1-5(4-11-2)3-6(8)7(9)10/h5-6H,3-4,8H2,1-2H3,(H,9,10)/t5?,6-/m0/s1. The molecule has 0 aromatic heterocycles. The molecule has 66 valence electrons. The first kappa shape index (κ1) is 10.4. The van der Waals surface area contributed by atoms with E-state index in [4.69, 9.17) is 15.6 Å². The van der Waals surface area contributed by atoms with Gasteiger partial charge in [-0.3, -0.25) is 4.79 Å². The van der Waals surface area contributed by atoms with Crippen molar-refractivity contribution in [1.29, 1.82) is 0 Å². The van der Waals surface area contributed by atoms with Crippen molar-refractivity contribution in [2.24, 2.45) is 11.7 Å². The molecule has 0 fully saturated rings. The first-order valence-corrected chi connectivity index (χ1v) is 3.55. The molecular weight excluding hydrogens is 146 g/mol. The van der Waals surface area contributed by atoms with Crippen LogP contribution < -0.4 is 5.73 Å². The highest BCUT2D eigenvalue weighted by molar-refractivity contribution is 5.72. The van der Waals surface area contributed by atoms with Gasteiger partial charge in [0, 0.05) is 13.7 Å². The lowest BCUT2D eigenvalue weighted by Crippen LogP contribution is -2.32. The van der Waals surface area contributed by atoms with Gasteiger partial charge in [0.25, 0.3) is 0 Å². The van der Waals surface area contributed by atoms with Gasteiger partial charge in [0.05, 0.1) is 0 Å². The van der Waals surface area contributed by atoms with Gasteiger partial charge in [0.2, 0.25) is 0 Å². The van der Waals surface area contributed by atoms with Crippen molar-refractivity contribution in [3.8, 4) is 0 Å². The van der Waals surface area contributed by atoms with Crippen molar-refractivity contribution in [2.45, 2.75) is 19.4 Å². The zero-order chi connectivity index (χ0) is 8.85. The molecule has 3 N–H and O–H groups in total. The number of carboxylic acid groups (broad SMARTS) is 1. The Kier molecular flexibility index (Phi) is 4.81. The molecule has 0 aromatic carbocycles. The summed E-state index contributed by atoms with van der Waals surface area (Å²) in [5, 5.41) is 8.43. The normalized spacial score (nSPS) is 15.9. The van der Waals surface area contributed by atoms with Gasteiger partial charge < -0.3 is 15.6 Å². The van der Waals surface area contributed by atoms with Gasteiger partial charge in [-0.25, -0.2) is 0 Å². The summed E-state index contributed by atoms with van der Waals surface area (Å²) in [4.78, 5) is 10.3. The molecule has 0 bridgehead atoms. The van der Waals surface area contributed by atoms with Crippen LogP contribution in [0.25, 0.3) is 0 Å². The molecule has 4 heteroatoms. The van der Waals surface area contributed by atoms with Crippen LogP contribution >= 0.6 is 0 Å². The van der Waals surface area contributed by atoms with E-state index >= 15 is 0 Å². The number of hydrogen-bond donors (Lipinski definition) is 2. The highest BCUT2D eigenvalue weighted by Crippen LogP contribution is 2.04. The highest BCUT2D eigenvalue weighted by atomic mass is 16.5. The number of rotatable bonds is 5. The van der Waals surface area contributed by atoms with E-state index in [2.05, 4.69) is 0 Å². The van der Waals surface area contributed by atoms with E-state index in [0.717, 1.165) is 0 Å². The average molecular weight is 161 g/mol. The van der Waals surface area contributed by atoms with E-state index in [1.807, 2.05) is 6.92 Å². The van der Waals surface area contributed by atoms with E-state index in [0.29, 0.717) is 13.0 Å². The van der Waals surface area contributed by atoms with E-state index in [9.17, 15) is 4.79 Å². The highest BCUT2D eigenvalue weighted by Gasteiger charge is 2.14. The summed E-state index contributed by atoms with van der Waals surface area (Å²) >= 11 is 0. The summed E-state index contributed by atoms with van der Waals surface area (Å²) in [7, 11) is 1.59. The van der Waals surface area contributed by atoms with Crippen LogP contribution in [0.1, 0.15) is 13.3 Å². The maximum atomic E-state index is 10.3. The minimum atomic E-state index is -0.951. The average Bonchev–Trinajstić information content (AvgIpc) is 1.87. The minimum Gasteiger partial charge on any atom is -0.480 e. The van der Waals surface area contributed by atoms with Crippen molar-refractivity contribution >= 4 is 5.97 Å². The van der Waals surface area contributed by atoms with Crippen LogP contribution in [-0.4, -0.2) is 30.8 Å². The maximum absolute atomic E-state index is 10.3. The van der Waals surface area contributed by atoms with Crippen LogP contribution in [0.15, 0.2) is 0 Å². The second-order valence-corrected chi connectivity index (χ2v) is 2.74. The van der Waals surface area contributed by atoms with Gasteiger partial charge in [0.1, 0.15) is 6.04 Å². The number of ether oxygens (including phenoxy) is 1. The second-order valence-electron chi connectivity index (χ2n) is 2.74.